The number of rotatable bonds is 1. The molecular weight excluding hydrogens is 613 g/mol. The van der Waals surface area contributed by atoms with E-state index in [1.165, 1.54) is 66.6 Å². The minimum absolute atomic E-state index is 0.152. The van der Waals surface area contributed by atoms with Crippen molar-refractivity contribution in [3.63, 3.8) is 0 Å². The molecule has 0 aromatic heterocycles. The predicted molar refractivity (Wildman–Crippen MR) is 205 cm³/mol. The van der Waals surface area contributed by atoms with Gasteiger partial charge in [0.05, 0.1) is 5.56 Å². The standard InChI is InChI=1S/C23H23NO2.C23H25N/c1-22(2)15-23(12-13-23)24(3)20-11-8-17(14-19(20)22)5-4-16-6-9-18(10-7-16)21(25)26;1-17-5-7-18(8-6-17)9-10-19-11-12-21-20(15-19)22(2,3)16-23(13-14-23)24(21)4/h6-11,14H,12-13,15H2,1-3H3,(H,25,26);5-8,11-12,15H,13-14,16H2,1-4H3. The molecule has 2 saturated carbocycles. The first-order valence-corrected chi connectivity index (χ1v) is 17.9. The number of hydrogen-bond donors (Lipinski definition) is 1. The molecule has 2 heterocycles. The van der Waals surface area contributed by atoms with Crippen LogP contribution in [0.25, 0.3) is 0 Å². The molecular formula is C46H48N2O2. The molecule has 4 aliphatic rings. The van der Waals surface area contributed by atoms with Crippen LogP contribution in [-0.4, -0.2) is 36.2 Å². The molecule has 4 heteroatoms. The molecule has 4 aromatic rings. The lowest BCUT2D eigenvalue weighted by molar-refractivity contribution is 0.0697. The number of carboxylic acids is 1. The third kappa shape index (κ3) is 6.41. The number of fused-ring (bicyclic) bond motifs is 2. The Morgan fingerprint density at radius 3 is 1.32 bits per heavy atom. The number of nitrogens with zero attached hydrogens (tertiary/aromatic N) is 2. The fourth-order valence-corrected chi connectivity index (χ4v) is 8.42. The van der Waals surface area contributed by atoms with Crippen molar-refractivity contribution in [2.24, 2.45) is 0 Å². The molecule has 2 aliphatic heterocycles. The van der Waals surface area contributed by atoms with Crippen LogP contribution < -0.4 is 9.80 Å². The van der Waals surface area contributed by atoms with Gasteiger partial charge in [0.15, 0.2) is 0 Å². The summed E-state index contributed by atoms with van der Waals surface area (Å²) < 4.78 is 0. The molecule has 4 nitrogen and oxygen atoms in total. The highest BCUT2D eigenvalue weighted by Gasteiger charge is 2.54. The van der Waals surface area contributed by atoms with Gasteiger partial charge in [0.25, 0.3) is 0 Å². The Morgan fingerprint density at radius 2 is 0.940 bits per heavy atom. The summed E-state index contributed by atoms with van der Waals surface area (Å²) in [5.74, 6) is 12.1. The maximum Gasteiger partial charge on any atom is 0.335 e. The Morgan fingerprint density at radius 1 is 0.580 bits per heavy atom. The lowest BCUT2D eigenvalue weighted by Crippen LogP contribution is -2.45. The van der Waals surface area contributed by atoms with E-state index >= 15 is 0 Å². The Labute approximate surface area is 298 Å². The summed E-state index contributed by atoms with van der Waals surface area (Å²) in [5.41, 5.74) is 12.3. The van der Waals surface area contributed by atoms with Crippen LogP contribution in [0, 0.1) is 30.6 Å². The summed E-state index contributed by atoms with van der Waals surface area (Å²) in [6.07, 6.45) is 7.69. The molecule has 2 aliphatic carbocycles. The SMILES string of the molecule is CN1c2ccc(C#Cc3ccc(C(=O)O)cc3)cc2C(C)(C)CC12CC2.Cc1ccc(C#Cc2ccc3c(c2)C(C)(C)CC2(CC2)N3C)cc1. The number of aryl methyl sites for hydroxylation is 1. The molecule has 0 radical (unpaired) electrons. The van der Waals surface area contributed by atoms with E-state index in [1.54, 1.807) is 24.3 Å². The Hall–Kier alpha value is -4.93. The van der Waals surface area contributed by atoms with Crippen molar-refractivity contribution >= 4 is 17.3 Å². The number of aromatic carboxylic acids is 1. The van der Waals surface area contributed by atoms with Crippen molar-refractivity contribution in [1.82, 2.24) is 0 Å². The molecule has 2 spiro atoms. The van der Waals surface area contributed by atoms with Gasteiger partial charge in [0.1, 0.15) is 0 Å². The first kappa shape index (κ1) is 33.6. The van der Waals surface area contributed by atoms with Crippen molar-refractivity contribution in [3.05, 3.63) is 129 Å². The lowest BCUT2D eigenvalue weighted by atomic mass is 9.73. The van der Waals surface area contributed by atoms with Crippen LogP contribution in [0.15, 0.2) is 84.9 Å². The largest absolute Gasteiger partial charge is 0.478 e. The molecule has 2 fully saturated rings. The molecule has 50 heavy (non-hydrogen) atoms. The summed E-state index contributed by atoms with van der Waals surface area (Å²) in [4.78, 5) is 15.9. The summed E-state index contributed by atoms with van der Waals surface area (Å²) in [6, 6.07) is 28.4. The predicted octanol–water partition coefficient (Wildman–Crippen LogP) is 9.48. The van der Waals surface area contributed by atoms with Crippen LogP contribution in [0.3, 0.4) is 0 Å². The molecule has 1 N–H and O–H groups in total. The minimum Gasteiger partial charge on any atom is -0.478 e. The normalized spacial score (nSPS) is 19.0. The van der Waals surface area contributed by atoms with Crippen molar-refractivity contribution in [2.75, 3.05) is 23.9 Å². The summed E-state index contributed by atoms with van der Waals surface area (Å²) in [7, 11) is 4.48. The van der Waals surface area contributed by atoms with E-state index in [1.807, 2.05) is 0 Å². The van der Waals surface area contributed by atoms with E-state index < -0.39 is 5.97 Å². The van der Waals surface area contributed by atoms with Crippen molar-refractivity contribution in [1.29, 1.82) is 0 Å². The van der Waals surface area contributed by atoms with E-state index in [0.717, 1.165) is 22.3 Å². The average molecular weight is 661 g/mol. The average Bonchev–Trinajstić information content (AvgIpc) is 4.03. The quantitative estimate of drug-likeness (QED) is 0.207. The summed E-state index contributed by atoms with van der Waals surface area (Å²) in [6.45, 7) is 11.5. The van der Waals surface area contributed by atoms with E-state index in [4.69, 9.17) is 5.11 Å². The summed E-state index contributed by atoms with van der Waals surface area (Å²) >= 11 is 0. The highest BCUT2D eigenvalue weighted by molar-refractivity contribution is 5.87. The van der Waals surface area contributed by atoms with Gasteiger partial charge in [-0.2, -0.15) is 0 Å². The number of carboxylic acid groups (broad SMARTS) is 1. The zero-order valence-corrected chi connectivity index (χ0v) is 30.6. The molecule has 0 saturated heterocycles. The third-order valence-electron chi connectivity index (χ3n) is 11.7. The van der Waals surface area contributed by atoms with Crippen LogP contribution in [-0.2, 0) is 10.8 Å². The van der Waals surface area contributed by atoms with Crippen molar-refractivity contribution in [2.45, 2.75) is 95.1 Å². The van der Waals surface area contributed by atoms with Gasteiger partial charge < -0.3 is 14.9 Å². The van der Waals surface area contributed by atoms with E-state index in [-0.39, 0.29) is 16.4 Å². The second-order valence-corrected chi connectivity index (χ2v) is 16.4. The van der Waals surface area contributed by atoms with Gasteiger partial charge in [-0.3, -0.25) is 0 Å². The van der Waals surface area contributed by atoms with Gasteiger partial charge in [-0.1, -0.05) is 69.1 Å². The van der Waals surface area contributed by atoms with E-state index in [2.05, 4.69) is 143 Å². The van der Waals surface area contributed by atoms with E-state index in [0.29, 0.717) is 11.1 Å². The first-order chi connectivity index (χ1) is 23.7. The molecule has 254 valence electrons. The zero-order valence-electron chi connectivity index (χ0n) is 30.6. The Balaban J connectivity index is 0.000000157. The molecule has 0 unspecified atom stereocenters. The minimum atomic E-state index is -0.918. The van der Waals surface area contributed by atoms with Gasteiger partial charge >= 0.3 is 5.97 Å². The van der Waals surface area contributed by atoms with Gasteiger partial charge in [-0.05, 0) is 140 Å². The van der Waals surface area contributed by atoms with Gasteiger partial charge in [-0.25, -0.2) is 4.79 Å². The summed E-state index contributed by atoms with van der Waals surface area (Å²) in [5, 5.41) is 8.97. The van der Waals surface area contributed by atoms with Crippen molar-refractivity contribution < 1.29 is 9.90 Å². The zero-order chi connectivity index (χ0) is 35.5. The highest BCUT2D eigenvalue weighted by atomic mass is 16.4. The number of benzene rings is 4. The lowest BCUT2D eigenvalue weighted by Gasteiger charge is -2.45. The van der Waals surface area contributed by atoms with Crippen LogP contribution in [0.4, 0.5) is 11.4 Å². The van der Waals surface area contributed by atoms with Gasteiger partial charge in [0.2, 0.25) is 0 Å². The van der Waals surface area contributed by atoms with Gasteiger partial charge in [0, 0.05) is 58.8 Å². The maximum atomic E-state index is 10.9. The Bertz CT molecular complexity index is 2090. The van der Waals surface area contributed by atoms with Crippen LogP contribution >= 0.6 is 0 Å². The first-order valence-electron chi connectivity index (χ1n) is 17.9. The highest BCUT2D eigenvalue weighted by Crippen LogP contribution is 2.57. The fraction of sp³-hybridized carbons (Fsp3) is 0.370. The third-order valence-corrected chi connectivity index (χ3v) is 11.7. The van der Waals surface area contributed by atoms with Crippen LogP contribution in [0.5, 0.6) is 0 Å². The topological polar surface area (TPSA) is 43.8 Å². The molecule has 0 bridgehead atoms. The number of hydrogen-bond acceptors (Lipinski definition) is 3. The second kappa shape index (κ2) is 12.1. The van der Waals surface area contributed by atoms with Gasteiger partial charge in [-0.15, -0.1) is 0 Å². The number of anilines is 2. The molecule has 0 atom stereocenters. The Kier molecular flexibility index (Phi) is 8.15. The number of carbonyl (C=O) groups is 1. The monoisotopic (exact) mass is 660 g/mol. The molecule has 0 amide bonds. The second-order valence-electron chi connectivity index (χ2n) is 16.4. The van der Waals surface area contributed by atoms with Crippen LogP contribution in [0.2, 0.25) is 0 Å². The molecule has 4 aromatic carbocycles. The smallest absolute Gasteiger partial charge is 0.335 e. The van der Waals surface area contributed by atoms with Crippen LogP contribution in [0.1, 0.15) is 116 Å². The fourth-order valence-electron chi connectivity index (χ4n) is 8.42. The molecule has 8 rings (SSSR count). The van der Waals surface area contributed by atoms with Crippen molar-refractivity contribution in [3.8, 4) is 23.7 Å². The maximum absolute atomic E-state index is 10.9. The van der Waals surface area contributed by atoms with E-state index in [9.17, 15) is 4.79 Å².